The van der Waals surface area contributed by atoms with E-state index in [1.165, 1.54) is 17.3 Å². The summed E-state index contributed by atoms with van der Waals surface area (Å²) in [4.78, 5) is 11.3. The van der Waals surface area contributed by atoms with Gasteiger partial charge in [0.1, 0.15) is 0 Å². The molecule has 1 N–H and O–H groups in total. The minimum atomic E-state index is -3.65. The van der Waals surface area contributed by atoms with Crippen molar-refractivity contribution in [3.05, 3.63) is 29.8 Å². The first-order chi connectivity index (χ1) is 9.78. The van der Waals surface area contributed by atoms with Crippen LogP contribution in [0.1, 0.15) is 31.1 Å². The molecule has 0 spiro atoms. The third-order valence-electron chi connectivity index (χ3n) is 3.24. The average molecular weight is 312 g/mol. The molecular formula is C14H20N2O4S. The maximum absolute atomic E-state index is 12.4. The van der Waals surface area contributed by atoms with E-state index in [-0.39, 0.29) is 18.0 Å². The van der Waals surface area contributed by atoms with E-state index < -0.39 is 10.2 Å². The highest BCUT2D eigenvalue weighted by molar-refractivity contribution is 7.90. The fraction of sp³-hybridized carbons (Fsp3) is 0.500. The lowest BCUT2D eigenvalue weighted by molar-refractivity contribution is -0.0439. The van der Waals surface area contributed by atoms with Crippen LogP contribution in [0.3, 0.4) is 0 Å². The summed E-state index contributed by atoms with van der Waals surface area (Å²) in [6.45, 7) is 5.75. The quantitative estimate of drug-likeness (QED) is 0.858. The van der Waals surface area contributed by atoms with Crippen molar-refractivity contribution in [3.8, 4) is 0 Å². The Morgan fingerprint density at radius 3 is 2.48 bits per heavy atom. The number of Topliss-reactive ketones (excluding diaryl/α,β-unsaturated/α-hetero) is 1. The Morgan fingerprint density at radius 2 is 1.90 bits per heavy atom. The van der Waals surface area contributed by atoms with Crippen molar-refractivity contribution in [1.29, 1.82) is 0 Å². The van der Waals surface area contributed by atoms with Gasteiger partial charge in [-0.05, 0) is 32.9 Å². The Morgan fingerprint density at radius 1 is 1.29 bits per heavy atom. The van der Waals surface area contributed by atoms with Gasteiger partial charge >= 0.3 is 10.2 Å². The summed E-state index contributed by atoms with van der Waals surface area (Å²) in [5.74, 6) is -0.107. The average Bonchev–Trinajstić information content (AvgIpc) is 2.37. The Balaban J connectivity index is 2.17. The van der Waals surface area contributed by atoms with Gasteiger partial charge in [0, 0.05) is 18.7 Å². The van der Waals surface area contributed by atoms with Crippen LogP contribution >= 0.6 is 0 Å². The molecule has 116 valence electrons. The van der Waals surface area contributed by atoms with Crippen molar-refractivity contribution in [2.75, 3.05) is 17.8 Å². The van der Waals surface area contributed by atoms with Crippen molar-refractivity contribution in [1.82, 2.24) is 4.31 Å². The van der Waals surface area contributed by atoms with E-state index in [9.17, 15) is 13.2 Å². The zero-order chi connectivity index (χ0) is 15.6. The molecule has 0 unspecified atom stereocenters. The number of ketones is 1. The minimum Gasteiger partial charge on any atom is -0.373 e. The summed E-state index contributed by atoms with van der Waals surface area (Å²) < 4.78 is 34.2. The fourth-order valence-corrected chi connectivity index (χ4v) is 3.71. The Labute approximate surface area is 125 Å². The van der Waals surface area contributed by atoms with Crippen molar-refractivity contribution >= 4 is 21.7 Å². The minimum absolute atomic E-state index is 0.107. The molecule has 1 aromatic rings. The van der Waals surface area contributed by atoms with Crippen LogP contribution in [0.5, 0.6) is 0 Å². The first-order valence-electron chi connectivity index (χ1n) is 6.82. The topological polar surface area (TPSA) is 75.7 Å². The van der Waals surface area contributed by atoms with E-state index in [2.05, 4.69) is 4.72 Å². The second kappa shape index (κ2) is 6.13. The van der Waals surface area contributed by atoms with Crippen molar-refractivity contribution in [2.24, 2.45) is 0 Å². The molecule has 0 amide bonds. The maximum Gasteiger partial charge on any atom is 0.301 e. The van der Waals surface area contributed by atoms with Gasteiger partial charge in [-0.25, -0.2) is 0 Å². The molecule has 0 radical (unpaired) electrons. The zero-order valence-corrected chi connectivity index (χ0v) is 13.2. The summed E-state index contributed by atoms with van der Waals surface area (Å²) in [7, 11) is -3.65. The molecule has 0 aromatic heterocycles. The smallest absolute Gasteiger partial charge is 0.301 e. The van der Waals surface area contributed by atoms with Crippen LogP contribution in [0.15, 0.2) is 24.3 Å². The van der Waals surface area contributed by atoms with Crippen LogP contribution in [-0.4, -0.2) is 43.8 Å². The van der Waals surface area contributed by atoms with Gasteiger partial charge in [-0.2, -0.15) is 12.7 Å². The first kappa shape index (κ1) is 15.9. The number of rotatable bonds is 4. The zero-order valence-electron chi connectivity index (χ0n) is 12.4. The summed E-state index contributed by atoms with van der Waals surface area (Å²) in [6, 6.07) is 6.46. The van der Waals surface area contributed by atoms with E-state index in [0.717, 1.165) is 0 Å². The van der Waals surface area contributed by atoms with E-state index >= 15 is 0 Å². The van der Waals surface area contributed by atoms with Gasteiger partial charge in [0.05, 0.1) is 17.9 Å². The normalized spacial score (nSPS) is 23.8. The van der Waals surface area contributed by atoms with Gasteiger partial charge in [0.15, 0.2) is 5.78 Å². The molecule has 1 aromatic carbocycles. The SMILES string of the molecule is CC(=O)c1cccc(NS(=O)(=O)N2C[C@H](C)O[C@@H](C)C2)c1. The highest BCUT2D eigenvalue weighted by Crippen LogP contribution is 2.18. The summed E-state index contributed by atoms with van der Waals surface area (Å²) in [6.07, 6.45) is -0.289. The summed E-state index contributed by atoms with van der Waals surface area (Å²) >= 11 is 0. The molecule has 0 saturated carbocycles. The first-order valence-corrected chi connectivity index (χ1v) is 8.26. The van der Waals surface area contributed by atoms with Gasteiger partial charge in [0.25, 0.3) is 0 Å². The number of nitrogens with one attached hydrogen (secondary N) is 1. The van der Waals surface area contributed by atoms with Crippen LogP contribution in [0, 0.1) is 0 Å². The van der Waals surface area contributed by atoms with E-state index in [4.69, 9.17) is 4.74 Å². The fourth-order valence-electron chi connectivity index (χ4n) is 2.34. The highest BCUT2D eigenvalue weighted by Gasteiger charge is 2.31. The molecule has 21 heavy (non-hydrogen) atoms. The molecule has 1 saturated heterocycles. The van der Waals surface area contributed by atoms with Gasteiger partial charge < -0.3 is 4.74 Å². The summed E-state index contributed by atoms with van der Waals surface area (Å²) in [5, 5.41) is 0. The van der Waals surface area contributed by atoms with Crippen LogP contribution < -0.4 is 4.72 Å². The molecular weight excluding hydrogens is 292 g/mol. The van der Waals surface area contributed by atoms with Gasteiger partial charge in [0.2, 0.25) is 0 Å². The number of nitrogens with zero attached hydrogens (tertiary/aromatic N) is 1. The molecule has 6 nitrogen and oxygen atoms in total. The molecule has 1 aliphatic heterocycles. The largest absolute Gasteiger partial charge is 0.373 e. The predicted octanol–water partition coefficient (Wildman–Crippen LogP) is 1.66. The Kier molecular flexibility index (Phi) is 4.65. The molecule has 0 aliphatic carbocycles. The number of hydrogen-bond acceptors (Lipinski definition) is 4. The number of carbonyl (C=O) groups excluding carboxylic acids is 1. The lowest BCUT2D eigenvalue weighted by Gasteiger charge is -2.34. The molecule has 1 fully saturated rings. The van der Waals surface area contributed by atoms with Crippen molar-refractivity contribution < 1.29 is 17.9 Å². The standard InChI is InChI=1S/C14H20N2O4S/c1-10-8-16(9-11(2)20-10)21(18,19)15-14-6-4-5-13(7-14)12(3)17/h4-7,10-11,15H,8-9H2,1-3H3/t10-,11-/m0/s1. The number of morpholine rings is 1. The predicted molar refractivity (Wildman–Crippen MR) is 80.6 cm³/mol. The molecule has 1 aliphatic rings. The van der Waals surface area contributed by atoms with E-state index in [0.29, 0.717) is 24.3 Å². The number of benzene rings is 1. The number of hydrogen-bond donors (Lipinski definition) is 1. The molecule has 0 bridgehead atoms. The van der Waals surface area contributed by atoms with Gasteiger partial charge in [-0.3, -0.25) is 9.52 Å². The molecule has 7 heteroatoms. The Bertz CT molecular complexity index is 620. The van der Waals surface area contributed by atoms with E-state index in [1.807, 2.05) is 13.8 Å². The number of anilines is 1. The van der Waals surface area contributed by atoms with E-state index in [1.54, 1.807) is 18.2 Å². The lowest BCUT2D eigenvalue weighted by Crippen LogP contribution is -2.49. The second-order valence-electron chi connectivity index (χ2n) is 5.32. The van der Waals surface area contributed by atoms with Crippen LogP contribution in [0.2, 0.25) is 0 Å². The highest BCUT2D eigenvalue weighted by atomic mass is 32.2. The molecule has 2 rings (SSSR count). The molecule has 2 atom stereocenters. The lowest BCUT2D eigenvalue weighted by atomic mass is 10.1. The third kappa shape index (κ3) is 4.03. The van der Waals surface area contributed by atoms with Crippen LogP contribution in [-0.2, 0) is 14.9 Å². The number of ether oxygens (including phenoxy) is 1. The van der Waals surface area contributed by atoms with Crippen LogP contribution in [0.25, 0.3) is 0 Å². The Hall–Kier alpha value is -1.44. The third-order valence-corrected chi connectivity index (χ3v) is 4.71. The molecule has 1 heterocycles. The van der Waals surface area contributed by atoms with Crippen molar-refractivity contribution in [3.63, 3.8) is 0 Å². The van der Waals surface area contributed by atoms with Crippen molar-refractivity contribution in [2.45, 2.75) is 33.0 Å². The summed E-state index contributed by atoms with van der Waals surface area (Å²) in [5.41, 5.74) is 0.855. The second-order valence-corrected chi connectivity index (χ2v) is 6.99. The maximum atomic E-state index is 12.4. The van der Waals surface area contributed by atoms with Gasteiger partial charge in [-0.15, -0.1) is 0 Å². The number of carbonyl (C=O) groups is 1. The van der Waals surface area contributed by atoms with Gasteiger partial charge in [-0.1, -0.05) is 12.1 Å². The monoisotopic (exact) mass is 312 g/mol. The van der Waals surface area contributed by atoms with Crippen LogP contribution in [0.4, 0.5) is 5.69 Å².